The van der Waals surface area contributed by atoms with Crippen molar-refractivity contribution >= 4 is 11.8 Å². The van der Waals surface area contributed by atoms with Gasteiger partial charge in [-0.15, -0.1) is 0 Å². The van der Waals surface area contributed by atoms with E-state index in [1.807, 2.05) is 39.9 Å². The van der Waals surface area contributed by atoms with E-state index in [-0.39, 0.29) is 11.8 Å². The van der Waals surface area contributed by atoms with Crippen molar-refractivity contribution in [1.29, 1.82) is 0 Å². The number of carbonyl (C=O) groups excluding carboxylic acids is 2. The van der Waals surface area contributed by atoms with Crippen LogP contribution in [0.5, 0.6) is 0 Å². The Hall–Kier alpha value is -1.78. The van der Waals surface area contributed by atoms with Crippen LogP contribution >= 0.6 is 0 Å². The second-order valence-electron chi connectivity index (χ2n) is 6.19. The summed E-state index contributed by atoms with van der Waals surface area (Å²) in [5.41, 5.74) is 0.722. The lowest BCUT2D eigenvalue weighted by Crippen LogP contribution is -2.37. The highest BCUT2D eigenvalue weighted by Gasteiger charge is 2.23. The summed E-state index contributed by atoms with van der Waals surface area (Å²) in [6, 6.07) is 1.84. The van der Waals surface area contributed by atoms with Crippen molar-refractivity contribution in [3.05, 3.63) is 24.0 Å². The smallest absolute Gasteiger partial charge is 0.255 e. The standard InChI is InChI=1S/C16H25N3O2/c1-13(2)11-15(20)18-6-4-7-19(10-9-18)16(21)14-5-8-17(3)12-14/h5,8,12-13H,4,6-7,9-11H2,1-3H3. The van der Waals surface area contributed by atoms with E-state index >= 15 is 0 Å². The molecule has 0 aromatic carbocycles. The van der Waals surface area contributed by atoms with Crippen LogP contribution in [0.15, 0.2) is 18.5 Å². The lowest BCUT2D eigenvalue weighted by atomic mass is 10.1. The van der Waals surface area contributed by atoms with E-state index in [0.717, 1.165) is 25.1 Å². The first kappa shape index (κ1) is 15.6. The molecule has 0 spiro atoms. The predicted octanol–water partition coefficient (Wildman–Crippen LogP) is 1.75. The predicted molar refractivity (Wildman–Crippen MR) is 82.0 cm³/mol. The fraction of sp³-hybridized carbons (Fsp3) is 0.625. The van der Waals surface area contributed by atoms with Gasteiger partial charge in [0.15, 0.2) is 0 Å². The molecule has 2 amide bonds. The second-order valence-corrected chi connectivity index (χ2v) is 6.19. The molecule has 5 nitrogen and oxygen atoms in total. The Bertz CT molecular complexity index is 507. The van der Waals surface area contributed by atoms with Crippen LogP contribution in [0.25, 0.3) is 0 Å². The largest absolute Gasteiger partial charge is 0.356 e. The van der Waals surface area contributed by atoms with Gasteiger partial charge in [-0.3, -0.25) is 9.59 Å². The van der Waals surface area contributed by atoms with Gasteiger partial charge in [-0.25, -0.2) is 0 Å². The van der Waals surface area contributed by atoms with E-state index in [2.05, 4.69) is 13.8 Å². The maximum atomic E-state index is 12.4. The van der Waals surface area contributed by atoms with Crippen LogP contribution in [0.2, 0.25) is 0 Å². The molecule has 1 fully saturated rings. The number of amides is 2. The molecule has 2 heterocycles. The summed E-state index contributed by atoms with van der Waals surface area (Å²) in [6.45, 7) is 6.85. The molecule has 0 N–H and O–H groups in total. The normalized spacial score (nSPS) is 16.2. The van der Waals surface area contributed by atoms with Crippen LogP contribution in [0, 0.1) is 5.92 Å². The number of rotatable bonds is 3. The number of carbonyl (C=O) groups is 2. The average Bonchev–Trinajstić information content (AvgIpc) is 2.71. The van der Waals surface area contributed by atoms with Crippen LogP contribution < -0.4 is 0 Å². The third kappa shape index (κ3) is 4.09. The molecule has 1 aliphatic heterocycles. The highest BCUT2D eigenvalue weighted by molar-refractivity contribution is 5.94. The zero-order valence-electron chi connectivity index (χ0n) is 13.2. The first-order valence-electron chi connectivity index (χ1n) is 7.66. The van der Waals surface area contributed by atoms with Crippen LogP contribution in [0.3, 0.4) is 0 Å². The first-order chi connectivity index (χ1) is 9.97. The van der Waals surface area contributed by atoms with Gasteiger partial charge in [0.05, 0.1) is 5.56 Å². The molecule has 2 rings (SSSR count). The van der Waals surface area contributed by atoms with Crippen molar-refractivity contribution in [2.75, 3.05) is 26.2 Å². The van der Waals surface area contributed by atoms with Gasteiger partial charge in [-0.05, 0) is 18.4 Å². The van der Waals surface area contributed by atoms with E-state index in [4.69, 9.17) is 0 Å². The molecule has 0 aliphatic carbocycles. The Balaban J connectivity index is 1.94. The molecule has 116 valence electrons. The lowest BCUT2D eigenvalue weighted by molar-refractivity contribution is -0.131. The van der Waals surface area contributed by atoms with Gasteiger partial charge in [0.25, 0.3) is 5.91 Å². The molecule has 1 saturated heterocycles. The minimum atomic E-state index is 0.0637. The quantitative estimate of drug-likeness (QED) is 0.851. The van der Waals surface area contributed by atoms with Gasteiger partial charge in [0.2, 0.25) is 5.91 Å². The highest BCUT2D eigenvalue weighted by Crippen LogP contribution is 2.12. The van der Waals surface area contributed by atoms with Crippen LogP contribution in [-0.4, -0.2) is 52.4 Å². The monoisotopic (exact) mass is 291 g/mol. The van der Waals surface area contributed by atoms with Gasteiger partial charge in [-0.2, -0.15) is 0 Å². The molecule has 1 aromatic heterocycles. The molecule has 1 aromatic rings. The summed E-state index contributed by atoms with van der Waals surface area (Å²) in [4.78, 5) is 28.3. The van der Waals surface area contributed by atoms with Crippen molar-refractivity contribution in [3.63, 3.8) is 0 Å². The second kappa shape index (κ2) is 6.78. The van der Waals surface area contributed by atoms with Gasteiger partial charge >= 0.3 is 0 Å². The Morgan fingerprint density at radius 2 is 1.81 bits per heavy atom. The van der Waals surface area contributed by atoms with Crippen molar-refractivity contribution in [1.82, 2.24) is 14.4 Å². The third-order valence-corrected chi connectivity index (χ3v) is 3.80. The molecule has 0 bridgehead atoms. The molecule has 1 aliphatic rings. The average molecular weight is 291 g/mol. The Morgan fingerprint density at radius 1 is 1.14 bits per heavy atom. The minimum Gasteiger partial charge on any atom is -0.356 e. The Morgan fingerprint density at radius 3 is 2.43 bits per heavy atom. The van der Waals surface area contributed by atoms with E-state index in [1.165, 1.54) is 0 Å². The van der Waals surface area contributed by atoms with Crippen molar-refractivity contribution < 1.29 is 9.59 Å². The summed E-state index contributed by atoms with van der Waals surface area (Å²) in [6.07, 6.45) is 5.16. The number of nitrogens with zero attached hydrogens (tertiary/aromatic N) is 3. The molecule has 0 radical (unpaired) electrons. The first-order valence-corrected chi connectivity index (χ1v) is 7.66. The summed E-state index contributed by atoms with van der Waals surface area (Å²) in [5, 5.41) is 0. The Labute approximate surface area is 126 Å². The lowest BCUT2D eigenvalue weighted by Gasteiger charge is -2.22. The maximum Gasteiger partial charge on any atom is 0.255 e. The van der Waals surface area contributed by atoms with Gasteiger partial charge in [0.1, 0.15) is 0 Å². The van der Waals surface area contributed by atoms with Crippen molar-refractivity contribution in [2.45, 2.75) is 26.7 Å². The summed E-state index contributed by atoms with van der Waals surface area (Å²) in [5.74, 6) is 0.649. The highest BCUT2D eigenvalue weighted by atomic mass is 16.2. The molecule has 0 unspecified atom stereocenters. The molecule has 5 heteroatoms. The van der Waals surface area contributed by atoms with Crippen molar-refractivity contribution in [2.24, 2.45) is 13.0 Å². The van der Waals surface area contributed by atoms with Crippen LogP contribution in [0.1, 0.15) is 37.0 Å². The van der Waals surface area contributed by atoms with Gasteiger partial charge < -0.3 is 14.4 Å². The van der Waals surface area contributed by atoms with Crippen LogP contribution in [0.4, 0.5) is 0 Å². The number of hydrogen-bond donors (Lipinski definition) is 0. The molecule has 21 heavy (non-hydrogen) atoms. The number of aryl methyl sites for hydroxylation is 1. The topological polar surface area (TPSA) is 45.6 Å². The van der Waals surface area contributed by atoms with E-state index in [0.29, 0.717) is 25.4 Å². The third-order valence-electron chi connectivity index (χ3n) is 3.80. The molecule has 0 atom stereocenters. The van der Waals surface area contributed by atoms with Gasteiger partial charge in [0, 0.05) is 52.0 Å². The number of aromatic nitrogens is 1. The van der Waals surface area contributed by atoms with E-state index < -0.39 is 0 Å². The summed E-state index contributed by atoms with van der Waals surface area (Å²) >= 11 is 0. The SMILES string of the molecule is CC(C)CC(=O)N1CCCN(C(=O)c2ccn(C)c2)CC1. The maximum absolute atomic E-state index is 12.4. The molecular weight excluding hydrogens is 266 g/mol. The summed E-state index contributed by atoms with van der Waals surface area (Å²) in [7, 11) is 1.91. The van der Waals surface area contributed by atoms with Gasteiger partial charge in [-0.1, -0.05) is 13.8 Å². The molecule has 0 saturated carbocycles. The van der Waals surface area contributed by atoms with Crippen LogP contribution in [-0.2, 0) is 11.8 Å². The zero-order chi connectivity index (χ0) is 15.4. The van der Waals surface area contributed by atoms with E-state index in [1.54, 1.807) is 0 Å². The van der Waals surface area contributed by atoms with E-state index in [9.17, 15) is 9.59 Å². The summed E-state index contributed by atoms with van der Waals surface area (Å²) < 4.78 is 1.88. The zero-order valence-corrected chi connectivity index (χ0v) is 13.2. The molecular formula is C16H25N3O2. The number of hydrogen-bond acceptors (Lipinski definition) is 2. The minimum absolute atomic E-state index is 0.0637. The fourth-order valence-electron chi connectivity index (χ4n) is 2.66. The fourth-order valence-corrected chi connectivity index (χ4v) is 2.66. The Kier molecular flexibility index (Phi) is 5.04. The van der Waals surface area contributed by atoms with Crippen molar-refractivity contribution in [3.8, 4) is 0 Å².